The summed E-state index contributed by atoms with van der Waals surface area (Å²) >= 11 is 0. The van der Waals surface area contributed by atoms with Gasteiger partial charge in [0.1, 0.15) is 17.3 Å². The van der Waals surface area contributed by atoms with E-state index < -0.39 is 5.41 Å². The number of allylic oxidation sites excluding steroid dienone is 5. The van der Waals surface area contributed by atoms with Gasteiger partial charge in [0.05, 0.1) is 11.0 Å². The molecule has 5 nitrogen and oxygen atoms in total. The van der Waals surface area contributed by atoms with Gasteiger partial charge in [0.15, 0.2) is 0 Å². The predicted octanol–water partition coefficient (Wildman–Crippen LogP) is 7.53. The van der Waals surface area contributed by atoms with E-state index in [9.17, 15) is 14.7 Å². The average Bonchev–Trinajstić information content (AvgIpc) is 3.65. The molecule has 1 spiro atoms. The van der Waals surface area contributed by atoms with E-state index in [2.05, 4.69) is 19.1 Å². The van der Waals surface area contributed by atoms with Crippen molar-refractivity contribution in [1.29, 1.82) is 0 Å². The number of esters is 2. The lowest BCUT2D eigenvalue weighted by Gasteiger charge is -2.56. The average molecular weight is 527 g/mol. The number of carbonyl (C=O) groups is 2. The Bertz CT molecular complexity index is 1350. The summed E-state index contributed by atoms with van der Waals surface area (Å²) in [6, 6.07) is 7.28. The highest BCUT2D eigenvalue weighted by atomic mass is 16.5. The minimum atomic E-state index is -0.647. The molecule has 204 valence electrons. The molecule has 5 aliphatic carbocycles. The molecule has 1 N–H and O–H groups in total. The summed E-state index contributed by atoms with van der Waals surface area (Å²) in [5, 5.41) is 10.3. The Balaban J connectivity index is 1.36. The number of hydrogen-bond acceptors (Lipinski definition) is 5. The summed E-state index contributed by atoms with van der Waals surface area (Å²) in [5.41, 5.74) is 3.86. The van der Waals surface area contributed by atoms with Crippen LogP contribution in [0, 0.1) is 29.1 Å². The molecule has 0 radical (unpaired) electrons. The van der Waals surface area contributed by atoms with Crippen LogP contribution in [-0.4, -0.2) is 17.0 Å². The van der Waals surface area contributed by atoms with E-state index in [1.807, 2.05) is 12.1 Å². The fourth-order valence-electron chi connectivity index (χ4n) is 8.98. The lowest BCUT2D eigenvalue weighted by atomic mass is 9.44. The van der Waals surface area contributed by atoms with E-state index in [0.717, 1.165) is 91.1 Å². The number of phenols is 1. The van der Waals surface area contributed by atoms with E-state index in [1.165, 1.54) is 25.7 Å². The normalized spacial score (nSPS) is 33.6. The highest BCUT2D eigenvalue weighted by Crippen LogP contribution is 2.71. The summed E-state index contributed by atoms with van der Waals surface area (Å²) in [7, 11) is 0. The highest BCUT2D eigenvalue weighted by Gasteiger charge is 2.68. The van der Waals surface area contributed by atoms with Gasteiger partial charge in [0, 0.05) is 17.1 Å². The Hall–Kier alpha value is -3.08. The van der Waals surface area contributed by atoms with Crippen molar-refractivity contribution >= 4 is 17.5 Å². The van der Waals surface area contributed by atoms with Crippen molar-refractivity contribution in [2.24, 2.45) is 29.1 Å². The quantitative estimate of drug-likeness (QED) is 0.388. The number of phenolic OH excluding ortho intramolecular Hbond substituents is 1. The number of fused-ring (bicyclic) bond motifs is 1. The monoisotopic (exact) mass is 526 g/mol. The number of cyclic esters (lactones) is 2. The summed E-state index contributed by atoms with van der Waals surface area (Å²) in [6.07, 6.45) is 17.0. The van der Waals surface area contributed by atoms with Gasteiger partial charge >= 0.3 is 11.9 Å². The van der Waals surface area contributed by atoms with Crippen LogP contribution in [0.15, 0.2) is 64.7 Å². The maximum absolute atomic E-state index is 13.7. The van der Waals surface area contributed by atoms with Crippen LogP contribution in [0.25, 0.3) is 5.57 Å². The van der Waals surface area contributed by atoms with Gasteiger partial charge in [-0.05, 0) is 98.1 Å². The van der Waals surface area contributed by atoms with E-state index >= 15 is 0 Å². The Kier molecular flexibility index (Phi) is 6.09. The Morgan fingerprint density at radius 2 is 1.85 bits per heavy atom. The van der Waals surface area contributed by atoms with Crippen LogP contribution in [0.3, 0.4) is 0 Å². The van der Waals surface area contributed by atoms with E-state index in [1.54, 1.807) is 12.1 Å². The summed E-state index contributed by atoms with van der Waals surface area (Å²) in [5.74, 6) is 2.24. The van der Waals surface area contributed by atoms with Crippen LogP contribution in [0.1, 0.15) is 89.5 Å². The van der Waals surface area contributed by atoms with Gasteiger partial charge in [0.2, 0.25) is 0 Å². The molecular weight excluding hydrogens is 488 g/mol. The minimum Gasteiger partial charge on any atom is -0.508 e. The van der Waals surface area contributed by atoms with Crippen molar-refractivity contribution in [3.63, 3.8) is 0 Å². The molecule has 2 bridgehead atoms. The van der Waals surface area contributed by atoms with Crippen LogP contribution in [-0.2, 0) is 19.1 Å². The molecule has 0 aromatic heterocycles. The van der Waals surface area contributed by atoms with Crippen LogP contribution >= 0.6 is 0 Å². The lowest BCUT2D eigenvalue weighted by molar-refractivity contribution is -0.135. The summed E-state index contributed by atoms with van der Waals surface area (Å²) in [6.45, 7) is 2.12. The summed E-state index contributed by atoms with van der Waals surface area (Å²) < 4.78 is 12.1. The lowest BCUT2D eigenvalue weighted by Crippen LogP contribution is -2.52. The number of hydrogen-bond donors (Lipinski definition) is 1. The number of ether oxygens (including phenoxy) is 2. The number of carbonyl (C=O) groups excluding carboxylic acids is 2. The van der Waals surface area contributed by atoms with Gasteiger partial charge < -0.3 is 14.6 Å². The zero-order chi connectivity index (χ0) is 26.7. The molecule has 8 rings (SSSR count). The largest absolute Gasteiger partial charge is 0.508 e. The molecule has 5 heteroatoms. The molecule has 7 aliphatic rings. The van der Waals surface area contributed by atoms with Crippen molar-refractivity contribution < 1.29 is 24.2 Å². The zero-order valence-corrected chi connectivity index (χ0v) is 22.8. The maximum Gasteiger partial charge on any atom is 0.340 e. The van der Waals surface area contributed by atoms with Gasteiger partial charge in [0.25, 0.3) is 0 Å². The second-order valence-corrected chi connectivity index (χ2v) is 12.5. The zero-order valence-electron chi connectivity index (χ0n) is 22.8. The van der Waals surface area contributed by atoms with Crippen molar-refractivity contribution in [3.8, 4) is 5.75 Å². The van der Waals surface area contributed by atoms with Crippen molar-refractivity contribution in [2.45, 2.75) is 84.0 Å². The number of aromatic hydroxyl groups is 1. The van der Waals surface area contributed by atoms with Gasteiger partial charge in [-0.15, -0.1) is 0 Å². The SMILES string of the molecule is CCCC=C1OC(=O)C2=C(c3cccc(O)c3)[C@@H]3CC[C@]12[C@H]1C2=C(CC[C@H]31)C(=CCCC1CCCC1)OC2=O. The molecule has 0 amide bonds. The second-order valence-electron chi connectivity index (χ2n) is 12.5. The van der Waals surface area contributed by atoms with Gasteiger partial charge in [-0.25, -0.2) is 9.59 Å². The molecular formula is C34H38O5. The molecule has 39 heavy (non-hydrogen) atoms. The van der Waals surface area contributed by atoms with Crippen molar-refractivity contribution in [3.05, 3.63) is 70.2 Å². The Morgan fingerprint density at radius 3 is 2.64 bits per heavy atom. The Labute approximate surface area is 230 Å². The third-order valence-electron chi connectivity index (χ3n) is 10.5. The number of rotatable bonds is 6. The van der Waals surface area contributed by atoms with Gasteiger partial charge in [-0.1, -0.05) is 51.2 Å². The highest BCUT2D eigenvalue weighted by molar-refractivity contribution is 6.06. The molecule has 2 heterocycles. The van der Waals surface area contributed by atoms with Gasteiger partial charge in [-0.3, -0.25) is 0 Å². The first kappa shape index (κ1) is 24.9. The molecule has 1 saturated heterocycles. The van der Waals surface area contributed by atoms with Crippen LogP contribution < -0.4 is 0 Å². The number of benzene rings is 1. The first-order valence-electron chi connectivity index (χ1n) is 15.2. The third kappa shape index (κ3) is 3.72. The predicted molar refractivity (Wildman–Crippen MR) is 148 cm³/mol. The minimum absolute atomic E-state index is 0.112. The fourth-order valence-corrected chi connectivity index (χ4v) is 8.98. The topological polar surface area (TPSA) is 72.8 Å². The smallest absolute Gasteiger partial charge is 0.340 e. The van der Waals surface area contributed by atoms with Crippen molar-refractivity contribution in [2.75, 3.05) is 0 Å². The third-order valence-corrected chi connectivity index (χ3v) is 10.5. The Morgan fingerprint density at radius 1 is 1.00 bits per heavy atom. The van der Waals surface area contributed by atoms with Gasteiger partial charge in [-0.2, -0.15) is 0 Å². The second kappa shape index (κ2) is 9.53. The van der Waals surface area contributed by atoms with E-state index in [4.69, 9.17) is 9.47 Å². The molecule has 4 atom stereocenters. The molecule has 0 unspecified atom stereocenters. The summed E-state index contributed by atoms with van der Waals surface area (Å²) in [4.78, 5) is 27.3. The molecule has 2 saturated carbocycles. The van der Waals surface area contributed by atoms with Crippen molar-refractivity contribution in [1.82, 2.24) is 0 Å². The number of unbranched alkanes of at least 4 members (excludes halogenated alkanes) is 1. The molecule has 1 aromatic carbocycles. The first-order chi connectivity index (χ1) is 19.0. The van der Waals surface area contributed by atoms with Crippen LogP contribution in [0.2, 0.25) is 0 Å². The van der Waals surface area contributed by atoms with E-state index in [-0.39, 0.29) is 35.4 Å². The molecule has 1 aromatic rings. The molecule has 3 fully saturated rings. The fraction of sp³-hybridized carbons (Fsp3) is 0.529. The van der Waals surface area contributed by atoms with Crippen LogP contribution in [0.4, 0.5) is 0 Å². The molecule has 2 aliphatic heterocycles. The maximum atomic E-state index is 13.7. The van der Waals surface area contributed by atoms with E-state index in [0.29, 0.717) is 5.57 Å². The van der Waals surface area contributed by atoms with Crippen LogP contribution in [0.5, 0.6) is 5.75 Å². The standard InChI is InChI=1S/C34H38O5/c1-2-3-14-27-34-18-17-23(28(31(34)33(37)39-27)21-11-7-12-22(35)19-21)24-15-16-25-26(38-32(36)29(25)30(24)34)13-6-10-20-8-4-5-9-20/h7,11-14,19-20,23-24,30,35H,2-6,8-10,15-18H2,1H3/t23-,24-,30-,34-/m1/s1. The first-order valence-corrected chi connectivity index (χ1v) is 15.2.